The van der Waals surface area contributed by atoms with Crippen molar-refractivity contribution in [2.75, 3.05) is 59.1 Å². The summed E-state index contributed by atoms with van der Waals surface area (Å²) in [5.74, 6) is 0.496. The van der Waals surface area contributed by atoms with Crippen molar-refractivity contribution < 1.29 is 4.79 Å². The predicted molar refractivity (Wildman–Crippen MR) is 140 cm³/mol. The van der Waals surface area contributed by atoms with E-state index in [0.717, 1.165) is 63.8 Å². The zero-order chi connectivity index (χ0) is 23.8. The van der Waals surface area contributed by atoms with Gasteiger partial charge in [-0.05, 0) is 52.5 Å². The van der Waals surface area contributed by atoms with Gasteiger partial charge in [-0.3, -0.25) is 9.79 Å². The Hall–Kier alpha value is -2.06. The molecule has 0 spiro atoms. The Labute approximate surface area is 203 Å². The molecule has 0 aliphatic carbocycles. The van der Waals surface area contributed by atoms with Crippen molar-refractivity contribution in [1.82, 2.24) is 19.7 Å². The van der Waals surface area contributed by atoms with Gasteiger partial charge in [-0.2, -0.15) is 5.10 Å². The number of likely N-dealkylation sites (tertiary alicyclic amines) is 1. The van der Waals surface area contributed by atoms with Gasteiger partial charge in [-0.25, -0.2) is 5.01 Å². The van der Waals surface area contributed by atoms with E-state index in [1.54, 1.807) is 11.8 Å². The van der Waals surface area contributed by atoms with Crippen LogP contribution in [0.4, 0.5) is 0 Å². The summed E-state index contributed by atoms with van der Waals surface area (Å²) in [6.07, 6.45) is 5.78. The molecular weight excluding hydrogens is 432 g/mol. The van der Waals surface area contributed by atoms with Crippen LogP contribution in [0.1, 0.15) is 43.9 Å². The van der Waals surface area contributed by atoms with Gasteiger partial charge in [0, 0.05) is 51.7 Å². The fraction of sp³-hybridized carbons (Fsp3) is 0.640. The number of thioether (sulfide) groups is 1. The molecule has 1 aromatic rings. The smallest absolute Gasteiger partial charge is 0.225 e. The van der Waals surface area contributed by atoms with Crippen molar-refractivity contribution in [3.63, 3.8) is 0 Å². The first-order valence-electron chi connectivity index (χ1n) is 12.1. The van der Waals surface area contributed by atoms with Gasteiger partial charge in [-0.15, -0.1) is 0 Å². The van der Waals surface area contributed by atoms with Crippen molar-refractivity contribution in [1.29, 1.82) is 0 Å². The summed E-state index contributed by atoms with van der Waals surface area (Å²) in [6.45, 7) is 12.5. The van der Waals surface area contributed by atoms with E-state index < -0.39 is 0 Å². The van der Waals surface area contributed by atoms with E-state index >= 15 is 0 Å². The van der Waals surface area contributed by atoms with Gasteiger partial charge in [-0.1, -0.05) is 41.6 Å². The average molecular weight is 473 g/mol. The van der Waals surface area contributed by atoms with Crippen molar-refractivity contribution in [3.8, 4) is 0 Å². The molecule has 0 N–H and O–H groups in total. The number of benzene rings is 1. The molecule has 1 atom stereocenters. The third-order valence-corrected chi connectivity index (χ3v) is 7.30. The quantitative estimate of drug-likeness (QED) is 0.360. The van der Waals surface area contributed by atoms with Crippen LogP contribution in [0.15, 0.2) is 34.4 Å². The summed E-state index contributed by atoms with van der Waals surface area (Å²) in [7, 11) is 2.12. The summed E-state index contributed by atoms with van der Waals surface area (Å²) in [5, 5.41) is 7.64. The SMILES string of the molecule is CCN(/N=C/N1CCC(C(=O)N2CCN(C)CC2)CC1)C(=NC(C)c1ccc(C)cc1)SC. The number of piperazine rings is 1. The lowest BCUT2D eigenvalue weighted by Crippen LogP contribution is -2.50. The molecule has 0 bridgehead atoms. The molecule has 1 unspecified atom stereocenters. The number of rotatable bonds is 6. The van der Waals surface area contributed by atoms with Crippen molar-refractivity contribution in [2.45, 2.75) is 39.7 Å². The highest BCUT2D eigenvalue weighted by Crippen LogP contribution is 2.22. The second-order valence-corrected chi connectivity index (χ2v) is 9.86. The lowest BCUT2D eigenvalue weighted by Gasteiger charge is -2.37. The molecule has 0 radical (unpaired) electrons. The van der Waals surface area contributed by atoms with Crippen LogP contribution in [-0.4, -0.2) is 96.2 Å². The first-order valence-corrected chi connectivity index (χ1v) is 13.3. The highest BCUT2D eigenvalue weighted by Gasteiger charge is 2.29. The van der Waals surface area contributed by atoms with Gasteiger partial charge in [0.05, 0.1) is 6.04 Å². The molecule has 0 saturated carbocycles. The number of likely N-dealkylation sites (N-methyl/N-ethyl adjacent to an activating group) is 1. The summed E-state index contributed by atoms with van der Waals surface area (Å²) in [4.78, 5) is 24.4. The number of aryl methyl sites for hydroxylation is 1. The second kappa shape index (κ2) is 12.4. The number of aliphatic imine (C=N–C) groups is 1. The lowest BCUT2D eigenvalue weighted by molar-refractivity contribution is -0.138. The topological polar surface area (TPSA) is 54.8 Å². The summed E-state index contributed by atoms with van der Waals surface area (Å²) in [6, 6.07) is 8.64. The fourth-order valence-electron chi connectivity index (χ4n) is 4.26. The van der Waals surface area contributed by atoms with Crippen LogP contribution in [-0.2, 0) is 4.79 Å². The Bertz CT molecular complexity index is 811. The van der Waals surface area contributed by atoms with Crippen LogP contribution in [0.5, 0.6) is 0 Å². The highest BCUT2D eigenvalue weighted by molar-refractivity contribution is 8.13. The number of nitrogens with zero attached hydrogens (tertiary/aromatic N) is 6. The lowest BCUT2D eigenvalue weighted by atomic mass is 9.95. The Morgan fingerprint density at radius 1 is 1.15 bits per heavy atom. The van der Waals surface area contributed by atoms with Crippen molar-refractivity contribution >= 4 is 29.2 Å². The number of hydrogen-bond acceptors (Lipinski definition) is 5. The Kier molecular flexibility index (Phi) is 9.62. The maximum atomic E-state index is 12.9. The minimum atomic E-state index is 0.0774. The zero-order valence-electron chi connectivity index (χ0n) is 20.9. The van der Waals surface area contributed by atoms with E-state index in [1.807, 2.05) is 17.6 Å². The van der Waals surface area contributed by atoms with Gasteiger partial charge in [0.1, 0.15) is 6.34 Å². The Balaban J connectivity index is 1.54. The second-order valence-electron chi connectivity index (χ2n) is 9.09. The molecule has 182 valence electrons. The fourth-order valence-corrected chi connectivity index (χ4v) is 4.91. The molecule has 8 heteroatoms. The average Bonchev–Trinajstić information content (AvgIpc) is 2.84. The van der Waals surface area contributed by atoms with E-state index in [4.69, 9.17) is 10.1 Å². The number of amidine groups is 1. The molecule has 33 heavy (non-hydrogen) atoms. The van der Waals surface area contributed by atoms with Gasteiger partial charge in [0.15, 0.2) is 5.17 Å². The summed E-state index contributed by atoms with van der Waals surface area (Å²) >= 11 is 1.63. The Morgan fingerprint density at radius 3 is 2.36 bits per heavy atom. The first-order chi connectivity index (χ1) is 15.9. The van der Waals surface area contributed by atoms with Crippen LogP contribution in [0.2, 0.25) is 0 Å². The zero-order valence-corrected chi connectivity index (χ0v) is 21.7. The van der Waals surface area contributed by atoms with E-state index in [2.05, 4.69) is 66.8 Å². The molecule has 1 aromatic carbocycles. The van der Waals surface area contributed by atoms with Gasteiger partial charge >= 0.3 is 0 Å². The number of carbonyl (C=O) groups is 1. The maximum Gasteiger partial charge on any atom is 0.225 e. The van der Waals surface area contributed by atoms with Crippen LogP contribution in [0, 0.1) is 12.8 Å². The van der Waals surface area contributed by atoms with E-state index in [-0.39, 0.29) is 12.0 Å². The predicted octanol–water partition coefficient (Wildman–Crippen LogP) is 3.53. The van der Waals surface area contributed by atoms with E-state index in [1.165, 1.54) is 11.1 Å². The molecule has 2 fully saturated rings. The number of hydrazone groups is 1. The van der Waals surface area contributed by atoms with Gasteiger partial charge < -0.3 is 14.7 Å². The highest BCUT2D eigenvalue weighted by atomic mass is 32.2. The van der Waals surface area contributed by atoms with Crippen molar-refractivity contribution in [3.05, 3.63) is 35.4 Å². The number of piperidine rings is 1. The molecule has 2 saturated heterocycles. The number of carbonyl (C=O) groups excluding carboxylic acids is 1. The summed E-state index contributed by atoms with van der Waals surface area (Å²) in [5.41, 5.74) is 2.47. The minimum Gasteiger partial charge on any atom is -0.361 e. The maximum absolute atomic E-state index is 12.9. The van der Waals surface area contributed by atoms with E-state index in [9.17, 15) is 4.79 Å². The molecule has 2 aliphatic rings. The van der Waals surface area contributed by atoms with Gasteiger partial charge in [0.2, 0.25) is 5.91 Å². The minimum absolute atomic E-state index is 0.0774. The van der Waals surface area contributed by atoms with Gasteiger partial charge in [0.25, 0.3) is 0 Å². The van der Waals surface area contributed by atoms with Crippen LogP contribution < -0.4 is 0 Å². The third-order valence-electron chi connectivity index (χ3n) is 6.61. The number of hydrogen-bond donors (Lipinski definition) is 0. The van der Waals surface area contributed by atoms with Crippen LogP contribution in [0.3, 0.4) is 0 Å². The van der Waals surface area contributed by atoms with Crippen molar-refractivity contribution in [2.24, 2.45) is 16.0 Å². The Morgan fingerprint density at radius 2 is 1.79 bits per heavy atom. The molecule has 2 heterocycles. The largest absolute Gasteiger partial charge is 0.361 e. The molecule has 0 aromatic heterocycles. The van der Waals surface area contributed by atoms with Crippen LogP contribution in [0.25, 0.3) is 0 Å². The molecule has 2 aliphatic heterocycles. The van der Waals surface area contributed by atoms with E-state index in [0.29, 0.717) is 5.91 Å². The summed E-state index contributed by atoms with van der Waals surface area (Å²) < 4.78 is 0. The standard InChI is InChI=1S/C25H40N6OS/c1-6-31(25(33-5)27-21(3)22-9-7-20(2)8-10-22)26-19-29-13-11-23(12-14-29)24(32)30-17-15-28(4)16-18-30/h7-10,19,21,23H,6,11-18H2,1-5H3/b26-19+,27-25?. The molecule has 3 rings (SSSR count). The number of amides is 1. The normalized spacial score (nSPS) is 19.8. The third kappa shape index (κ3) is 7.21. The first kappa shape index (κ1) is 25.6. The molecule has 7 nitrogen and oxygen atoms in total. The monoisotopic (exact) mass is 472 g/mol. The molecular formula is C25H40N6OS. The van der Waals surface area contributed by atoms with Crippen LogP contribution >= 0.6 is 11.8 Å². The molecule has 1 amide bonds.